The van der Waals surface area contributed by atoms with Gasteiger partial charge in [0.1, 0.15) is 18.5 Å². The molecule has 1 aliphatic carbocycles. The largest absolute Gasteiger partial charge is 0.412 e. The Morgan fingerprint density at radius 3 is 2.00 bits per heavy atom. The van der Waals surface area contributed by atoms with Crippen LogP contribution in [0.2, 0.25) is 0 Å². The first-order valence-corrected chi connectivity index (χ1v) is 3.96. The maximum atomic E-state index is 12.9. The molecule has 12 heavy (non-hydrogen) atoms. The highest BCUT2D eigenvalue weighted by atomic mass is 19.2. The van der Waals surface area contributed by atoms with Crippen LogP contribution >= 0.6 is 0 Å². The minimum absolute atomic E-state index is 0. The van der Waals surface area contributed by atoms with Crippen LogP contribution in [-0.4, -0.2) is 24.0 Å². The molecule has 0 heterocycles. The van der Waals surface area contributed by atoms with Crippen LogP contribution in [0.25, 0.3) is 0 Å². The molecule has 0 aromatic rings. The summed E-state index contributed by atoms with van der Waals surface area (Å²) in [6.45, 7) is 2.98. The van der Waals surface area contributed by atoms with Crippen molar-refractivity contribution in [2.75, 3.05) is 0 Å². The van der Waals surface area contributed by atoms with Gasteiger partial charge in [0.05, 0.1) is 0 Å². The minimum atomic E-state index is -1.62. The maximum absolute atomic E-state index is 12.9. The molecule has 3 unspecified atom stereocenters. The normalized spacial score (nSPS) is 48.2. The summed E-state index contributed by atoms with van der Waals surface area (Å²) >= 11 is 0. The summed E-state index contributed by atoms with van der Waals surface area (Å²) in [5.74, 6) is -1.25. The van der Waals surface area contributed by atoms with Crippen LogP contribution < -0.4 is 0 Å². The Morgan fingerprint density at radius 1 is 1.00 bits per heavy atom. The number of alkyl halides is 3. The monoisotopic (exact) mass is 184 g/mol. The Kier molecular flexibility index (Phi) is 4.03. The highest BCUT2D eigenvalue weighted by molar-refractivity contribution is 4.89. The highest BCUT2D eigenvalue weighted by Gasteiger charge is 2.41. The van der Waals surface area contributed by atoms with E-state index in [1.807, 2.05) is 0 Å². The van der Waals surface area contributed by atoms with Crippen molar-refractivity contribution in [3.05, 3.63) is 0 Å². The highest BCUT2D eigenvalue weighted by Crippen LogP contribution is 2.35. The second kappa shape index (κ2) is 4.12. The SMILES string of the molecule is C[C@@H]1C(F)C[C@H](C)C(F)C1F.O. The van der Waals surface area contributed by atoms with Gasteiger partial charge in [-0.2, -0.15) is 0 Å². The Bertz CT molecular complexity index is 128. The molecular weight excluding hydrogens is 169 g/mol. The summed E-state index contributed by atoms with van der Waals surface area (Å²) in [5, 5.41) is 0. The fourth-order valence-electron chi connectivity index (χ4n) is 1.50. The van der Waals surface area contributed by atoms with E-state index in [1.165, 1.54) is 6.92 Å². The lowest BCUT2D eigenvalue weighted by molar-refractivity contribution is -0.0121. The van der Waals surface area contributed by atoms with E-state index in [4.69, 9.17) is 0 Å². The maximum Gasteiger partial charge on any atom is 0.137 e. The summed E-state index contributed by atoms with van der Waals surface area (Å²) in [5.41, 5.74) is 0. The van der Waals surface area contributed by atoms with Crippen molar-refractivity contribution in [3.63, 3.8) is 0 Å². The van der Waals surface area contributed by atoms with Gasteiger partial charge in [-0.25, -0.2) is 13.2 Å². The molecule has 0 saturated heterocycles. The van der Waals surface area contributed by atoms with Gasteiger partial charge in [0, 0.05) is 5.92 Å². The van der Waals surface area contributed by atoms with Crippen LogP contribution in [0.5, 0.6) is 0 Å². The number of halogens is 3. The molecule has 1 nitrogen and oxygen atoms in total. The zero-order valence-corrected chi connectivity index (χ0v) is 7.23. The number of hydrogen-bond acceptors (Lipinski definition) is 0. The van der Waals surface area contributed by atoms with E-state index in [0.717, 1.165) is 0 Å². The predicted octanol–water partition coefficient (Wildman–Crippen LogP) is 1.85. The fraction of sp³-hybridized carbons (Fsp3) is 1.00. The molecular formula is C8H15F3O. The van der Waals surface area contributed by atoms with Gasteiger partial charge in [-0.3, -0.25) is 0 Å². The smallest absolute Gasteiger partial charge is 0.137 e. The average molecular weight is 184 g/mol. The van der Waals surface area contributed by atoms with Crippen LogP contribution in [0, 0.1) is 11.8 Å². The molecule has 1 rings (SSSR count). The lowest BCUT2D eigenvalue weighted by Gasteiger charge is -2.33. The molecule has 0 spiro atoms. The van der Waals surface area contributed by atoms with Gasteiger partial charge in [-0.15, -0.1) is 0 Å². The average Bonchev–Trinajstić information content (AvgIpc) is 1.97. The van der Waals surface area contributed by atoms with E-state index in [0.29, 0.717) is 0 Å². The van der Waals surface area contributed by atoms with Crippen molar-refractivity contribution >= 4 is 0 Å². The van der Waals surface area contributed by atoms with Gasteiger partial charge in [-0.05, 0) is 12.3 Å². The van der Waals surface area contributed by atoms with Crippen molar-refractivity contribution < 1.29 is 18.6 Å². The summed E-state index contributed by atoms with van der Waals surface area (Å²) in [7, 11) is 0. The van der Waals surface area contributed by atoms with E-state index in [9.17, 15) is 13.2 Å². The minimum Gasteiger partial charge on any atom is -0.412 e. The molecule has 0 amide bonds. The topological polar surface area (TPSA) is 31.5 Å². The lowest BCUT2D eigenvalue weighted by atomic mass is 9.80. The zero-order chi connectivity index (χ0) is 8.59. The summed E-state index contributed by atoms with van der Waals surface area (Å²) in [6.07, 6.45) is -4.11. The van der Waals surface area contributed by atoms with Crippen LogP contribution in [0.15, 0.2) is 0 Å². The van der Waals surface area contributed by atoms with Gasteiger partial charge >= 0.3 is 0 Å². The van der Waals surface area contributed by atoms with Gasteiger partial charge in [0.15, 0.2) is 0 Å². The van der Waals surface area contributed by atoms with E-state index in [1.54, 1.807) is 6.92 Å². The molecule has 5 atom stereocenters. The summed E-state index contributed by atoms with van der Waals surface area (Å²) < 4.78 is 38.6. The van der Waals surface area contributed by atoms with E-state index >= 15 is 0 Å². The molecule has 1 fully saturated rings. The molecule has 74 valence electrons. The lowest BCUT2D eigenvalue weighted by Crippen LogP contribution is -2.41. The van der Waals surface area contributed by atoms with E-state index in [2.05, 4.69) is 0 Å². The first-order valence-electron chi connectivity index (χ1n) is 3.96. The van der Waals surface area contributed by atoms with Crippen LogP contribution in [0.1, 0.15) is 20.3 Å². The number of hydrogen-bond donors (Lipinski definition) is 0. The van der Waals surface area contributed by atoms with Gasteiger partial charge in [0.25, 0.3) is 0 Å². The quantitative estimate of drug-likeness (QED) is 0.550. The molecule has 1 saturated carbocycles. The second-order valence-corrected chi connectivity index (χ2v) is 3.48. The number of rotatable bonds is 0. The molecule has 0 aromatic heterocycles. The van der Waals surface area contributed by atoms with Crippen molar-refractivity contribution in [2.45, 2.75) is 38.8 Å². The molecule has 0 aliphatic heterocycles. The summed E-state index contributed by atoms with van der Waals surface area (Å²) in [6, 6.07) is 0. The summed E-state index contributed by atoms with van der Waals surface area (Å²) in [4.78, 5) is 0. The van der Waals surface area contributed by atoms with Crippen molar-refractivity contribution in [3.8, 4) is 0 Å². The van der Waals surface area contributed by atoms with Crippen LogP contribution in [0.4, 0.5) is 13.2 Å². The van der Waals surface area contributed by atoms with Crippen molar-refractivity contribution in [2.24, 2.45) is 11.8 Å². The van der Waals surface area contributed by atoms with Crippen LogP contribution in [0.3, 0.4) is 0 Å². The molecule has 4 heteroatoms. The Morgan fingerprint density at radius 2 is 1.50 bits per heavy atom. The van der Waals surface area contributed by atoms with E-state index < -0.39 is 30.4 Å². The van der Waals surface area contributed by atoms with Gasteiger partial charge in [0.2, 0.25) is 0 Å². The van der Waals surface area contributed by atoms with E-state index in [-0.39, 0.29) is 11.9 Å². The Balaban J connectivity index is 0.00000121. The van der Waals surface area contributed by atoms with Crippen LogP contribution in [-0.2, 0) is 0 Å². The molecule has 0 radical (unpaired) electrons. The first kappa shape index (κ1) is 11.8. The predicted molar refractivity (Wildman–Crippen MR) is 41.2 cm³/mol. The Labute approximate surface area is 70.3 Å². The third-order valence-corrected chi connectivity index (χ3v) is 2.52. The zero-order valence-electron chi connectivity index (χ0n) is 7.23. The standard InChI is InChI=1S/C8H13F3.H2O/c1-4-3-6(9)5(2)8(11)7(4)10;/h4-8H,3H2,1-2H3;1H2/t4-,5+,6?,7?,8?;/m0./s1. The molecule has 0 bridgehead atoms. The Hall–Kier alpha value is -0.250. The van der Waals surface area contributed by atoms with Gasteiger partial charge < -0.3 is 5.48 Å². The molecule has 0 aromatic carbocycles. The van der Waals surface area contributed by atoms with Gasteiger partial charge in [-0.1, -0.05) is 13.8 Å². The first-order chi connectivity index (χ1) is 5.04. The van der Waals surface area contributed by atoms with Crippen molar-refractivity contribution in [1.82, 2.24) is 0 Å². The fourth-order valence-corrected chi connectivity index (χ4v) is 1.50. The molecule has 2 N–H and O–H groups in total. The second-order valence-electron chi connectivity index (χ2n) is 3.48. The third-order valence-electron chi connectivity index (χ3n) is 2.52. The third kappa shape index (κ3) is 1.91. The van der Waals surface area contributed by atoms with Crippen molar-refractivity contribution in [1.29, 1.82) is 0 Å². The molecule has 1 aliphatic rings.